The predicted molar refractivity (Wildman–Crippen MR) is 113 cm³/mol. The minimum Gasteiger partial charge on any atom is -0.872 e. The third-order valence-corrected chi connectivity index (χ3v) is 6.68. The van der Waals surface area contributed by atoms with E-state index in [0.717, 1.165) is 37.7 Å². The number of hydrogen-bond donors (Lipinski definition) is 0. The summed E-state index contributed by atoms with van der Waals surface area (Å²) < 4.78 is 6.57. The van der Waals surface area contributed by atoms with Gasteiger partial charge in [0, 0.05) is 11.5 Å². The molecule has 0 atom stereocenters. The SMILES string of the molecule is COc1ccc2c(c1)C(C)(C)c1cc(-c3[nH+]c4ccccc4s3)c([O-])cc1-2.[Be+2]. The van der Waals surface area contributed by atoms with Gasteiger partial charge in [0.15, 0.2) is 0 Å². The van der Waals surface area contributed by atoms with Gasteiger partial charge in [0.25, 0.3) is 5.01 Å². The Balaban J connectivity index is 0.00000192. The molecule has 0 amide bonds. The predicted octanol–water partition coefficient (Wildman–Crippen LogP) is 4.39. The van der Waals surface area contributed by atoms with E-state index in [1.807, 2.05) is 24.3 Å². The standard InChI is InChI=1S/C23H19NO2S.Be/c1-23(2)17-10-13(26-3)8-9-14(17)15-12-20(25)16(11-18(15)23)22-24-19-6-4-5-7-21(19)27-22;/h4-12,25H,1-3H3;/q;+2. The Labute approximate surface area is 171 Å². The van der Waals surface area contributed by atoms with Gasteiger partial charge in [0.1, 0.15) is 10.4 Å². The minimum atomic E-state index is -0.182. The third-order valence-electron chi connectivity index (χ3n) is 5.58. The molecule has 1 heterocycles. The van der Waals surface area contributed by atoms with Crippen LogP contribution in [-0.4, -0.2) is 17.2 Å². The van der Waals surface area contributed by atoms with Gasteiger partial charge in [-0.3, -0.25) is 0 Å². The number of methoxy groups -OCH3 is 1. The summed E-state index contributed by atoms with van der Waals surface area (Å²) in [6, 6.07) is 18.1. The quantitative estimate of drug-likeness (QED) is 0.483. The van der Waals surface area contributed by atoms with Gasteiger partial charge in [-0.05, 0) is 46.5 Å². The number of para-hydroxylation sites is 1. The Morgan fingerprint density at radius 2 is 1.68 bits per heavy atom. The zero-order valence-electron chi connectivity index (χ0n) is 16.1. The van der Waals surface area contributed by atoms with E-state index in [1.54, 1.807) is 24.5 Å². The number of H-pyrrole nitrogens is 1. The molecule has 1 aromatic heterocycles. The van der Waals surface area contributed by atoms with Crippen LogP contribution in [0.4, 0.5) is 0 Å². The molecule has 0 saturated heterocycles. The summed E-state index contributed by atoms with van der Waals surface area (Å²) in [7, 11) is 1.68. The van der Waals surface area contributed by atoms with Crippen LogP contribution in [0, 0.1) is 0 Å². The van der Waals surface area contributed by atoms with E-state index in [2.05, 4.69) is 43.1 Å². The van der Waals surface area contributed by atoms with Crippen molar-refractivity contribution in [2.45, 2.75) is 19.3 Å². The van der Waals surface area contributed by atoms with Crippen molar-refractivity contribution in [2.24, 2.45) is 0 Å². The van der Waals surface area contributed by atoms with Crippen LogP contribution in [0.2, 0.25) is 0 Å². The molecule has 1 aliphatic carbocycles. The summed E-state index contributed by atoms with van der Waals surface area (Å²) in [5.41, 5.74) is 6.16. The fourth-order valence-electron chi connectivity index (χ4n) is 4.08. The van der Waals surface area contributed by atoms with Gasteiger partial charge in [0.05, 0.1) is 12.7 Å². The van der Waals surface area contributed by atoms with Gasteiger partial charge >= 0.3 is 10.1 Å². The molecule has 4 aromatic rings. The van der Waals surface area contributed by atoms with Crippen molar-refractivity contribution >= 4 is 31.7 Å². The van der Waals surface area contributed by atoms with Gasteiger partial charge in [-0.25, -0.2) is 0 Å². The Bertz CT molecular complexity index is 1180. The smallest absolute Gasteiger partial charge is 0.872 e. The summed E-state index contributed by atoms with van der Waals surface area (Å²) in [5.74, 6) is 0.895. The van der Waals surface area contributed by atoms with Gasteiger partial charge in [-0.2, -0.15) is 4.98 Å². The molecule has 5 heteroatoms. The van der Waals surface area contributed by atoms with Gasteiger partial charge in [0.2, 0.25) is 5.52 Å². The fraction of sp³-hybridized carbons (Fsp3) is 0.174. The third kappa shape index (κ3) is 2.56. The molecular weight excluding hydrogens is 363 g/mol. The number of aromatic amines is 1. The molecule has 0 spiro atoms. The van der Waals surface area contributed by atoms with E-state index < -0.39 is 0 Å². The van der Waals surface area contributed by atoms with Crippen LogP contribution < -0.4 is 14.8 Å². The summed E-state index contributed by atoms with van der Waals surface area (Å²) >= 11 is 1.62. The maximum absolute atomic E-state index is 13.0. The van der Waals surface area contributed by atoms with E-state index in [1.165, 1.54) is 11.1 Å². The first-order valence-corrected chi connectivity index (χ1v) is 9.76. The van der Waals surface area contributed by atoms with Crippen molar-refractivity contribution in [3.05, 3.63) is 65.7 Å². The van der Waals surface area contributed by atoms with Crippen LogP contribution in [0.3, 0.4) is 0 Å². The molecule has 0 fully saturated rings. The Morgan fingerprint density at radius 1 is 0.929 bits per heavy atom. The molecule has 0 bridgehead atoms. The number of fused-ring (bicyclic) bond motifs is 4. The van der Waals surface area contributed by atoms with E-state index >= 15 is 0 Å². The van der Waals surface area contributed by atoms with Crippen LogP contribution in [0.5, 0.6) is 11.5 Å². The molecule has 134 valence electrons. The molecule has 28 heavy (non-hydrogen) atoms. The first-order chi connectivity index (χ1) is 13.0. The van der Waals surface area contributed by atoms with E-state index in [4.69, 9.17) is 4.74 Å². The van der Waals surface area contributed by atoms with Crippen LogP contribution >= 0.6 is 11.3 Å². The molecule has 0 radical (unpaired) electrons. The van der Waals surface area contributed by atoms with Crippen molar-refractivity contribution in [2.75, 3.05) is 7.11 Å². The zero-order valence-corrected chi connectivity index (χ0v) is 16.9. The summed E-state index contributed by atoms with van der Waals surface area (Å²) in [6.07, 6.45) is 0. The topological polar surface area (TPSA) is 46.4 Å². The molecule has 3 nitrogen and oxygen atoms in total. The van der Waals surface area contributed by atoms with Crippen LogP contribution in [-0.2, 0) is 5.41 Å². The van der Waals surface area contributed by atoms with Crippen molar-refractivity contribution < 1.29 is 14.8 Å². The first-order valence-electron chi connectivity index (χ1n) is 8.94. The number of benzene rings is 3. The monoisotopic (exact) mass is 382 g/mol. The van der Waals surface area contributed by atoms with Crippen LogP contribution in [0.15, 0.2) is 54.6 Å². The van der Waals surface area contributed by atoms with Crippen molar-refractivity contribution in [3.8, 4) is 33.2 Å². The summed E-state index contributed by atoms with van der Waals surface area (Å²) in [5, 5.41) is 13.9. The second-order valence-electron chi connectivity index (χ2n) is 7.48. The molecule has 5 rings (SSSR count). The van der Waals surface area contributed by atoms with Crippen molar-refractivity contribution in [1.29, 1.82) is 0 Å². The Kier molecular flexibility index (Phi) is 4.29. The molecule has 0 saturated carbocycles. The Hall–Kier alpha value is -2.68. The van der Waals surface area contributed by atoms with Crippen LogP contribution in [0.1, 0.15) is 25.0 Å². The van der Waals surface area contributed by atoms with Gasteiger partial charge in [-0.15, -0.1) is 0 Å². The first kappa shape index (κ1) is 18.7. The largest absolute Gasteiger partial charge is 2.00 e. The molecule has 1 aliphatic rings. The Morgan fingerprint density at radius 3 is 2.43 bits per heavy atom. The molecule has 3 aromatic carbocycles. The summed E-state index contributed by atoms with van der Waals surface area (Å²) in [4.78, 5) is 3.41. The molecular formula is C23H19BeNO2S+2. The summed E-state index contributed by atoms with van der Waals surface area (Å²) in [6.45, 7) is 4.42. The number of aromatic nitrogens is 1. The number of hydrogen-bond acceptors (Lipinski definition) is 3. The normalized spacial score (nSPS) is 13.7. The number of ether oxygens (including phenoxy) is 1. The van der Waals surface area contributed by atoms with Gasteiger partial charge < -0.3 is 9.84 Å². The number of thiazole rings is 1. The average molecular weight is 382 g/mol. The van der Waals surface area contributed by atoms with E-state index in [9.17, 15) is 5.11 Å². The second-order valence-corrected chi connectivity index (χ2v) is 8.54. The maximum Gasteiger partial charge on any atom is 2.00 e. The van der Waals surface area contributed by atoms with Crippen LogP contribution in [0.25, 0.3) is 31.9 Å². The number of nitrogens with one attached hydrogen (secondary N) is 1. The molecule has 0 aliphatic heterocycles. The second kappa shape index (κ2) is 6.44. The van der Waals surface area contributed by atoms with E-state index in [0.29, 0.717) is 0 Å². The fourth-order valence-corrected chi connectivity index (χ4v) is 5.11. The van der Waals surface area contributed by atoms with Crippen molar-refractivity contribution in [3.63, 3.8) is 0 Å². The minimum absolute atomic E-state index is 0. The molecule has 1 N–H and O–H groups in total. The maximum atomic E-state index is 13.0. The van der Waals surface area contributed by atoms with Gasteiger partial charge in [-0.1, -0.05) is 55.2 Å². The number of rotatable bonds is 2. The van der Waals surface area contributed by atoms with E-state index in [-0.39, 0.29) is 21.3 Å². The van der Waals surface area contributed by atoms with Crippen molar-refractivity contribution in [1.82, 2.24) is 0 Å². The molecule has 0 unspecified atom stereocenters. The average Bonchev–Trinajstić information content (AvgIpc) is 3.18. The zero-order chi connectivity index (χ0) is 18.8.